The number of carbonyl (C=O) groups is 1. The van der Waals surface area contributed by atoms with Gasteiger partial charge in [-0.15, -0.1) is 0 Å². The van der Waals surface area contributed by atoms with E-state index in [1.165, 1.54) is 12.1 Å². The van der Waals surface area contributed by atoms with Crippen molar-refractivity contribution in [2.24, 2.45) is 5.92 Å². The lowest BCUT2D eigenvalue weighted by Gasteiger charge is -2.27. The Bertz CT molecular complexity index is 407. The highest BCUT2D eigenvalue weighted by molar-refractivity contribution is 6.33. The second kappa shape index (κ2) is 4.80. The molecule has 1 amide bonds. The lowest BCUT2D eigenvalue weighted by atomic mass is 10.0. The van der Waals surface area contributed by atoms with E-state index in [4.69, 9.17) is 11.6 Å². The molecule has 0 saturated carbocycles. The minimum absolute atomic E-state index is 0.143. The average Bonchev–Trinajstić information content (AvgIpc) is 2.14. The molecule has 0 spiro atoms. The summed E-state index contributed by atoms with van der Waals surface area (Å²) in [6, 6.07) is 3.76. The lowest BCUT2D eigenvalue weighted by Crippen LogP contribution is -2.48. The molecule has 1 aromatic rings. The van der Waals surface area contributed by atoms with E-state index in [0.717, 1.165) is 19.2 Å². The molecule has 1 fully saturated rings. The van der Waals surface area contributed by atoms with Gasteiger partial charge in [-0.1, -0.05) is 11.6 Å². The molecule has 2 N–H and O–H groups in total. The number of hydrogen-bond acceptors (Lipinski definition) is 2. The van der Waals surface area contributed by atoms with Crippen LogP contribution in [0.3, 0.4) is 0 Å². The van der Waals surface area contributed by atoms with E-state index >= 15 is 0 Å². The van der Waals surface area contributed by atoms with Crippen LogP contribution >= 0.6 is 11.6 Å². The molecule has 0 bridgehead atoms. The van der Waals surface area contributed by atoms with Crippen molar-refractivity contribution >= 4 is 17.5 Å². The first-order valence-corrected chi connectivity index (χ1v) is 5.48. The summed E-state index contributed by atoms with van der Waals surface area (Å²) in [5.74, 6) is -0.204. The monoisotopic (exact) mass is 242 g/mol. The second-order valence-corrected chi connectivity index (χ2v) is 4.27. The van der Waals surface area contributed by atoms with Gasteiger partial charge in [-0.3, -0.25) is 4.79 Å². The number of hydrogen-bond donors (Lipinski definition) is 2. The van der Waals surface area contributed by atoms with Gasteiger partial charge in [-0.25, -0.2) is 4.39 Å². The van der Waals surface area contributed by atoms with Crippen molar-refractivity contribution in [3.63, 3.8) is 0 Å². The van der Waals surface area contributed by atoms with Gasteiger partial charge in [0.1, 0.15) is 5.82 Å². The van der Waals surface area contributed by atoms with Gasteiger partial charge in [0.05, 0.1) is 10.6 Å². The molecule has 5 heteroatoms. The Balaban J connectivity index is 1.96. The maximum atomic E-state index is 12.8. The van der Waals surface area contributed by atoms with Crippen LogP contribution in [0, 0.1) is 11.7 Å². The first-order chi connectivity index (χ1) is 7.66. The average molecular weight is 243 g/mol. The van der Waals surface area contributed by atoms with Crippen molar-refractivity contribution in [2.75, 3.05) is 19.6 Å². The second-order valence-electron chi connectivity index (χ2n) is 3.86. The van der Waals surface area contributed by atoms with Gasteiger partial charge in [0.15, 0.2) is 0 Å². The first kappa shape index (κ1) is 11.4. The minimum Gasteiger partial charge on any atom is -0.352 e. The summed E-state index contributed by atoms with van der Waals surface area (Å²) in [6.07, 6.45) is 0. The number of amides is 1. The maximum absolute atomic E-state index is 12.8. The molecule has 1 aliphatic heterocycles. The highest BCUT2D eigenvalue weighted by atomic mass is 35.5. The van der Waals surface area contributed by atoms with E-state index in [2.05, 4.69) is 10.6 Å². The van der Waals surface area contributed by atoms with Crippen molar-refractivity contribution in [1.29, 1.82) is 0 Å². The number of rotatable bonds is 3. The van der Waals surface area contributed by atoms with Crippen LogP contribution in [0.5, 0.6) is 0 Å². The fourth-order valence-corrected chi connectivity index (χ4v) is 1.75. The summed E-state index contributed by atoms with van der Waals surface area (Å²) < 4.78 is 12.8. The Morgan fingerprint density at radius 1 is 1.56 bits per heavy atom. The summed E-state index contributed by atoms with van der Waals surface area (Å²) in [6.45, 7) is 2.48. The molecule has 1 aromatic carbocycles. The number of carbonyl (C=O) groups excluding carboxylic acids is 1. The normalized spacial score (nSPS) is 15.6. The molecule has 3 nitrogen and oxygen atoms in total. The van der Waals surface area contributed by atoms with E-state index in [0.29, 0.717) is 18.0 Å². The Morgan fingerprint density at radius 2 is 2.31 bits per heavy atom. The molecule has 1 aliphatic rings. The van der Waals surface area contributed by atoms with E-state index in [1.54, 1.807) is 0 Å². The van der Waals surface area contributed by atoms with E-state index < -0.39 is 5.82 Å². The molecule has 0 aliphatic carbocycles. The molecular formula is C11H12ClFN2O. The van der Waals surface area contributed by atoms with Crippen LogP contribution in [-0.4, -0.2) is 25.5 Å². The Kier molecular flexibility index (Phi) is 3.41. The molecule has 86 valence electrons. The fourth-order valence-electron chi connectivity index (χ4n) is 1.50. The van der Waals surface area contributed by atoms with Crippen molar-refractivity contribution in [2.45, 2.75) is 0 Å². The third-order valence-electron chi connectivity index (χ3n) is 2.59. The third-order valence-corrected chi connectivity index (χ3v) is 2.91. The van der Waals surface area contributed by atoms with Crippen LogP contribution < -0.4 is 10.6 Å². The lowest BCUT2D eigenvalue weighted by molar-refractivity contribution is 0.0942. The summed E-state index contributed by atoms with van der Waals surface area (Å²) in [4.78, 5) is 11.7. The van der Waals surface area contributed by atoms with Crippen molar-refractivity contribution < 1.29 is 9.18 Å². The van der Waals surface area contributed by atoms with E-state index in [9.17, 15) is 9.18 Å². The van der Waals surface area contributed by atoms with Crippen molar-refractivity contribution in [3.05, 3.63) is 34.6 Å². The van der Waals surface area contributed by atoms with Crippen LogP contribution in [0.25, 0.3) is 0 Å². The highest BCUT2D eigenvalue weighted by Gasteiger charge is 2.18. The standard InChI is InChI=1S/C11H12ClFN2O/c12-10-3-8(13)1-2-9(10)11(16)15-6-7-4-14-5-7/h1-3,7,14H,4-6H2,(H,15,16). The molecule has 1 heterocycles. The van der Waals surface area contributed by atoms with Crippen molar-refractivity contribution in [3.8, 4) is 0 Å². The number of halogens is 2. The number of nitrogens with one attached hydrogen (secondary N) is 2. The molecule has 0 radical (unpaired) electrons. The largest absolute Gasteiger partial charge is 0.352 e. The molecule has 2 rings (SSSR count). The van der Waals surface area contributed by atoms with Gasteiger partial charge in [0.2, 0.25) is 0 Å². The maximum Gasteiger partial charge on any atom is 0.252 e. The topological polar surface area (TPSA) is 41.1 Å². The van der Waals surface area contributed by atoms with Gasteiger partial charge in [0, 0.05) is 25.6 Å². The predicted octanol–water partition coefficient (Wildman–Crippen LogP) is 1.43. The Morgan fingerprint density at radius 3 is 2.88 bits per heavy atom. The van der Waals surface area contributed by atoms with E-state index in [1.807, 2.05) is 0 Å². The summed E-state index contributed by atoms with van der Waals surface area (Å²) in [7, 11) is 0. The smallest absolute Gasteiger partial charge is 0.252 e. The van der Waals surface area contributed by atoms with Gasteiger partial charge < -0.3 is 10.6 Å². The van der Waals surface area contributed by atoms with Crippen LogP contribution in [-0.2, 0) is 0 Å². The van der Waals surface area contributed by atoms with Crippen LogP contribution in [0.1, 0.15) is 10.4 Å². The number of benzene rings is 1. The zero-order valence-corrected chi connectivity index (χ0v) is 9.35. The fraction of sp³-hybridized carbons (Fsp3) is 0.364. The molecular weight excluding hydrogens is 231 g/mol. The van der Waals surface area contributed by atoms with Gasteiger partial charge in [-0.05, 0) is 18.2 Å². The molecule has 16 heavy (non-hydrogen) atoms. The third kappa shape index (κ3) is 2.51. The molecule has 1 saturated heterocycles. The Labute approximate surface area is 98.0 Å². The first-order valence-electron chi connectivity index (χ1n) is 5.11. The minimum atomic E-state index is -0.440. The highest BCUT2D eigenvalue weighted by Crippen LogP contribution is 2.17. The zero-order valence-electron chi connectivity index (χ0n) is 8.59. The van der Waals surface area contributed by atoms with Gasteiger partial charge in [-0.2, -0.15) is 0 Å². The summed E-state index contributed by atoms with van der Waals surface area (Å²) >= 11 is 5.77. The van der Waals surface area contributed by atoms with Crippen LogP contribution in [0.2, 0.25) is 5.02 Å². The molecule has 0 atom stereocenters. The summed E-state index contributed by atoms with van der Waals surface area (Å²) in [5.41, 5.74) is 0.315. The van der Waals surface area contributed by atoms with Gasteiger partial charge >= 0.3 is 0 Å². The van der Waals surface area contributed by atoms with E-state index in [-0.39, 0.29) is 10.9 Å². The molecule has 0 aromatic heterocycles. The Hall–Kier alpha value is -1.13. The van der Waals surface area contributed by atoms with Crippen LogP contribution in [0.15, 0.2) is 18.2 Å². The summed E-state index contributed by atoms with van der Waals surface area (Å²) in [5, 5.41) is 6.03. The predicted molar refractivity (Wildman–Crippen MR) is 60.1 cm³/mol. The van der Waals surface area contributed by atoms with Gasteiger partial charge in [0.25, 0.3) is 5.91 Å². The molecule has 0 unspecified atom stereocenters. The van der Waals surface area contributed by atoms with Crippen LogP contribution in [0.4, 0.5) is 4.39 Å². The quantitative estimate of drug-likeness (QED) is 0.842. The zero-order chi connectivity index (χ0) is 11.5. The van der Waals surface area contributed by atoms with Crippen molar-refractivity contribution in [1.82, 2.24) is 10.6 Å². The SMILES string of the molecule is O=C(NCC1CNC1)c1ccc(F)cc1Cl.